The summed E-state index contributed by atoms with van der Waals surface area (Å²) >= 11 is -4.03. The standard InChI is InChI=1S/C17H14Ge.C6H5.2CH3.Sn/c1-18(15-10-3-2-4-11-15)17-13-7-9-14-8-5-6-12-16(14)17;1-2-4-6-5-3-1;;;/h2-13H,1H2;1-5H;2*1H3;. The van der Waals surface area contributed by atoms with Crippen LogP contribution in [0, 0.1) is 0 Å². The first-order valence-electron chi connectivity index (χ1n) is 9.60. The molecule has 133 valence electrons. The van der Waals surface area contributed by atoms with Gasteiger partial charge in [0.1, 0.15) is 0 Å². The molecule has 0 fully saturated rings. The summed E-state index contributed by atoms with van der Waals surface area (Å²) in [5, 5.41) is 2.85. The third-order valence-corrected chi connectivity index (χ3v) is 36.2. The van der Waals surface area contributed by atoms with Crippen molar-refractivity contribution in [2.75, 3.05) is 0 Å². The Kier molecular flexibility index (Phi) is 5.74. The van der Waals surface area contributed by atoms with Crippen LogP contribution in [0.1, 0.15) is 0 Å². The molecule has 0 nitrogen and oxygen atoms in total. The number of rotatable bonds is 5. The van der Waals surface area contributed by atoms with Crippen molar-refractivity contribution in [3.63, 3.8) is 0 Å². The fourth-order valence-corrected chi connectivity index (χ4v) is 35.8. The molecule has 0 unspecified atom stereocenters. The monoisotopic (exact) mass is 519 g/mol. The predicted octanol–water partition coefficient (Wildman–Crippen LogP) is 4.60. The van der Waals surface area contributed by atoms with Crippen molar-refractivity contribution in [3.05, 3.63) is 103 Å². The van der Waals surface area contributed by atoms with Crippen LogP contribution in [0.15, 0.2) is 103 Å². The van der Waals surface area contributed by atoms with Gasteiger partial charge in [0, 0.05) is 0 Å². The van der Waals surface area contributed by atoms with Crippen molar-refractivity contribution in [1.82, 2.24) is 0 Å². The summed E-state index contributed by atoms with van der Waals surface area (Å²) in [5.41, 5.74) is 0. The van der Waals surface area contributed by atoms with Crippen LogP contribution in [0.5, 0.6) is 0 Å². The second-order valence-electron chi connectivity index (χ2n) is 7.80. The molecule has 0 heterocycles. The molecule has 0 saturated carbocycles. The van der Waals surface area contributed by atoms with Crippen LogP contribution in [-0.4, -0.2) is 32.7 Å². The first-order chi connectivity index (χ1) is 13.1. The number of benzene rings is 4. The predicted molar refractivity (Wildman–Crippen MR) is 124 cm³/mol. The summed E-state index contributed by atoms with van der Waals surface area (Å²) in [6, 6.07) is 38.5. The summed E-state index contributed by atoms with van der Waals surface area (Å²) in [4.78, 5) is 5.23. The number of hydrogen-bond donors (Lipinski definition) is 0. The van der Waals surface area contributed by atoms with Gasteiger partial charge in [-0.25, -0.2) is 0 Å². The van der Waals surface area contributed by atoms with Crippen molar-refractivity contribution in [2.24, 2.45) is 0 Å². The molecule has 4 aromatic carbocycles. The van der Waals surface area contributed by atoms with Crippen molar-refractivity contribution in [1.29, 1.82) is 0 Å². The SMILES string of the molecule is [CH3][Sn]([CH3])([CH2][Ge]([c]1ccccc1)[c]1cccc2ccccc12)[c]1ccccc1. The van der Waals surface area contributed by atoms with E-state index in [-0.39, 0.29) is 0 Å². The molecule has 0 aliphatic rings. The molecule has 0 saturated heterocycles. The molecule has 4 rings (SSSR count). The average molecular weight is 517 g/mol. The molecular formula is C25H25GeSn. The van der Waals surface area contributed by atoms with Gasteiger partial charge in [0.15, 0.2) is 0 Å². The Bertz CT molecular complexity index is 1020. The van der Waals surface area contributed by atoms with E-state index in [4.69, 9.17) is 0 Å². The molecule has 0 bridgehead atoms. The molecule has 0 atom stereocenters. The minimum atomic E-state index is -2.38. The molecule has 0 N–H and O–H groups in total. The quantitative estimate of drug-likeness (QED) is 0.340. The Labute approximate surface area is 171 Å². The van der Waals surface area contributed by atoms with E-state index in [0.29, 0.717) is 0 Å². The molecule has 0 amide bonds. The zero-order valence-corrected chi connectivity index (χ0v) is 21.0. The molecule has 0 aromatic heterocycles. The molecule has 0 spiro atoms. The Morgan fingerprint density at radius 3 is 1.96 bits per heavy atom. The summed E-state index contributed by atoms with van der Waals surface area (Å²) in [6.45, 7) is 0. The van der Waals surface area contributed by atoms with Crippen LogP contribution in [-0.2, 0) is 0 Å². The van der Waals surface area contributed by atoms with E-state index in [0.717, 1.165) is 0 Å². The summed E-state index contributed by atoms with van der Waals surface area (Å²) in [5.74, 6) is 0. The Morgan fingerprint density at radius 2 is 1.22 bits per heavy atom. The molecular weight excluding hydrogens is 492 g/mol. The van der Waals surface area contributed by atoms with Crippen LogP contribution in [0.2, 0.25) is 13.1 Å². The maximum absolute atomic E-state index is 2.62. The van der Waals surface area contributed by atoms with Gasteiger partial charge in [-0.05, 0) is 0 Å². The fourth-order valence-electron chi connectivity index (χ4n) is 3.91. The summed E-state index contributed by atoms with van der Waals surface area (Å²) in [6.07, 6.45) is 0. The van der Waals surface area contributed by atoms with Gasteiger partial charge >= 0.3 is 172 Å². The molecule has 4 aromatic rings. The van der Waals surface area contributed by atoms with E-state index in [2.05, 4.69) is 113 Å². The van der Waals surface area contributed by atoms with Gasteiger partial charge in [0.2, 0.25) is 0 Å². The third kappa shape index (κ3) is 4.17. The van der Waals surface area contributed by atoms with Crippen LogP contribution >= 0.6 is 0 Å². The Hall–Kier alpha value is -1.52. The zero-order valence-electron chi connectivity index (χ0n) is 16.0. The second-order valence-corrected chi connectivity index (χ2v) is 30.5. The van der Waals surface area contributed by atoms with Crippen LogP contribution in [0.4, 0.5) is 0 Å². The number of fused-ring (bicyclic) bond motifs is 1. The normalized spacial score (nSPS) is 11.8. The molecule has 1 radical (unpaired) electrons. The average Bonchev–Trinajstić information content (AvgIpc) is 2.73. The van der Waals surface area contributed by atoms with Gasteiger partial charge in [0.25, 0.3) is 0 Å². The van der Waals surface area contributed by atoms with Crippen LogP contribution in [0.25, 0.3) is 10.8 Å². The minimum absolute atomic E-state index is 1.38. The second kappa shape index (κ2) is 8.24. The zero-order chi connectivity index (χ0) is 18.7. The van der Waals surface area contributed by atoms with Gasteiger partial charge in [-0.2, -0.15) is 0 Å². The fraction of sp³-hybridized carbons (Fsp3) is 0.120. The Morgan fingerprint density at radius 1 is 0.630 bits per heavy atom. The molecule has 0 aliphatic carbocycles. The van der Waals surface area contributed by atoms with E-state index in [1.165, 1.54) is 14.0 Å². The first-order valence-corrected chi connectivity index (χ1v) is 22.3. The van der Waals surface area contributed by atoms with E-state index in [9.17, 15) is 0 Å². The Balaban J connectivity index is 1.83. The maximum atomic E-state index is 2.62. The topological polar surface area (TPSA) is 0 Å². The van der Waals surface area contributed by atoms with Gasteiger partial charge in [-0.15, -0.1) is 0 Å². The van der Waals surface area contributed by atoms with Gasteiger partial charge in [-0.1, -0.05) is 0 Å². The van der Waals surface area contributed by atoms with E-state index >= 15 is 0 Å². The number of hydrogen-bond acceptors (Lipinski definition) is 0. The van der Waals surface area contributed by atoms with Gasteiger partial charge in [-0.3, -0.25) is 0 Å². The summed E-state index contributed by atoms with van der Waals surface area (Å²) in [7, 11) is 0. The van der Waals surface area contributed by atoms with Crippen LogP contribution in [0.3, 0.4) is 0 Å². The van der Waals surface area contributed by atoms with E-state index < -0.39 is 32.7 Å². The van der Waals surface area contributed by atoms with Gasteiger partial charge < -0.3 is 0 Å². The van der Waals surface area contributed by atoms with E-state index in [1.54, 1.807) is 12.4 Å². The molecule has 2 heteroatoms. The third-order valence-electron chi connectivity index (χ3n) is 5.41. The van der Waals surface area contributed by atoms with Crippen molar-refractivity contribution in [3.8, 4) is 0 Å². The van der Waals surface area contributed by atoms with E-state index in [1.807, 2.05) is 0 Å². The van der Waals surface area contributed by atoms with Crippen molar-refractivity contribution in [2.45, 2.75) is 13.1 Å². The molecule has 27 heavy (non-hydrogen) atoms. The first kappa shape index (κ1) is 18.8. The molecule has 0 aliphatic heterocycles. The van der Waals surface area contributed by atoms with Gasteiger partial charge in [0.05, 0.1) is 0 Å². The van der Waals surface area contributed by atoms with Crippen molar-refractivity contribution < 1.29 is 0 Å². The van der Waals surface area contributed by atoms with Crippen molar-refractivity contribution >= 4 is 55.9 Å². The summed E-state index contributed by atoms with van der Waals surface area (Å²) < 4.78 is 6.33. The van der Waals surface area contributed by atoms with Crippen LogP contribution < -0.4 is 12.4 Å².